The van der Waals surface area contributed by atoms with Crippen molar-refractivity contribution in [1.29, 1.82) is 0 Å². The first-order valence-electron chi connectivity index (χ1n) is 8.87. The average Bonchev–Trinajstić information content (AvgIpc) is 3.35. The van der Waals surface area contributed by atoms with Crippen molar-refractivity contribution in [2.45, 2.75) is 70.0 Å². The van der Waals surface area contributed by atoms with Crippen molar-refractivity contribution in [2.75, 3.05) is 13.1 Å². The van der Waals surface area contributed by atoms with Crippen LogP contribution in [0.5, 0.6) is 0 Å². The SMILES string of the molecule is CCNC1CCC(c2ccccc2)CC1N(CC)C1CC1. The van der Waals surface area contributed by atoms with E-state index in [9.17, 15) is 0 Å². The van der Waals surface area contributed by atoms with Crippen LogP contribution in [0.25, 0.3) is 0 Å². The summed E-state index contributed by atoms with van der Waals surface area (Å²) in [5.41, 5.74) is 1.55. The Hall–Kier alpha value is -0.860. The van der Waals surface area contributed by atoms with E-state index < -0.39 is 0 Å². The van der Waals surface area contributed by atoms with Gasteiger partial charge in [-0.1, -0.05) is 44.2 Å². The topological polar surface area (TPSA) is 15.3 Å². The Morgan fingerprint density at radius 1 is 1.05 bits per heavy atom. The lowest BCUT2D eigenvalue weighted by Crippen LogP contribution is -2.53. The van der Waals surface area contributed by atoms with Crippen molar-refractivity contribution in [3.8, 4) is 0 Å². The van der Waals surface area contributed by atoms with Crippen LogP contribution < -0.4 is 5.32 Å². The molecule has 3 rings (SSSR count). The molecule has 2 saturated carbocycles. The normalized spacial score (nSPS) is 29.8. The third-order valence-electron chi connectivity index (χ3n) is 5.36. The smallest absolute Gasteiger partial charge is 0.0257 e. The molecule has 0 aromatic heterocycles. The molecule has 0 aliphatic heterocycles. The molecule has 3 atom stereocenters. The lowest BCUT2D eigenvalue weighted by molar-refractivity contribution is 0.111. The predicted molar refractivity (Wildman–Crippen MR) is 89.7 cm³/mol. The van der Waals surface area contributed by atoms with Gasteiger partial charge in [0.2, 0.25) is 0 Å². The van der Waals surface area contributed by atoms with E-state index >= 15 is 0 Å². The Balaban J connectivity index is 1.74. The fourth-order valence-electron chi connectivity index (χ4n) is 4.21. The van der Waals surface area contributed by atoms with E-state index in [1.165, 1.54) is 38.6 Å². The maximum atomic E-state index is 3.76. The molecule has 1 N–H and O–H groups in total. The monoisotopic (exact) mass is 286 g/mol. The van der Waals surface area contributed by atoms with Crippen molar-refractivity contribution in [2.24, 2.45) is 0 Å². The molecule has 0 heterocycles. The van der Waals surface area contributed by atoms with Crippen molar-refractivity contribution in [3.63, 3.8) is 0 Å². The second-order valence-electron chi connectivity index (χ2n) is 6.71. The highest BCUT2D eigenvalue weighted by atomic mass is 15.2. The molecule has 1 aromatic carbocycles. The summed E-state index contributed by atoms with van der Waals surface area (Å²) in [5.74, 6) is 0.749. The minimum Gasteiger partial charge on any atom is -0.313 e. The van der Waals surface area contributed by atoms with Gasteiger partial charge in [0.15, 0.2) is 0 Å². The molecule has 2 fully saturated rings. The summed E-state index contributed by atoms with van der Waals surface area (Å²) in [6, 6.07) is 13.4. The van der Waals surface area contributed by atoms with Gasteiger partial charge in [-0.2, -0.15) is 0 Å². The Kier molecular flexibility index (Phi) is 4.97. The minimum atomic E-state index is 0.690. The molecule has 0 saturated heterocycles. The zero-order valence-corrected chi connectivity index (χ0v) is 13.6. The maximum Gasteiger partial charge on any atom is 0.0257 e. The Bertz CT molecular complexity index is 426. The lowest BCUT2D eigenvalue weighted by atomic mass is 9.78. The van der Waals surface area contributed by atoms with Crippen LogP contribution in [0.15, 0.2) is 30.3 Å². The molecular weight excluding hydrogens is 256 g/mol. The van der Waals surface area contributed by atoms with E-state index in [1.807, 2.05) is 0 Å². The maximum absolute atomic E-state index is 3.76. The molecule has 2 aliphatic rings. The molecule has 3 unspecified atom stereocenters. The standard InChI is InChI=1S/C19H30N2/c1-3-20-18-13-10-16(15-8-6-5-7-9-15)14-19(18)21(4-2)17-11-12-17/h5-9,16-20H,3-4,10-14H2,1-2H3. The minimum absolute atomic E-state index is 0.690. The fraction of sp³-hybridized carbons (Fsp3) is 0.684. The molecule has 2 heteroatoms. The van der Waals surface area contributed by atoms with E-state index in [1.54, 1.807) is 5.56 Å². The second-order valence-corrected chi connectivity index (χ2v) is 6.71. The summed E-state index contributed by atoms with van der Waals surface area (Å²) in [6.07, 6.45) is 6.81. The second kappa shape index (κ2) is 6.93. The molecule has 2 nitrogen and oxygen atoms in total. The number of nitrogens with one attached hydrogen (secondary N) is 1. The molecule has 0 spiro atoms. The number of rotatable bonds is 6. The molecule has 116 valence electrons. The summed E-state index contributed by atoms with van der Waals surface area (Å²) in [7, 11) is 0. The third-order valence-corrected chi connectivity index (χ3v) is 5.36. The van der Waals surface area contributed by atoms with Crippen molar-refractivity contribution in [1.82, 2.24) is 10.2 Å². The van der Waals surface area contributed by atoms with Gasteiger partial charge in [0, 0.05) is 18.1 Å². The van der Waals surface area contributed by atoms with Crippen LogP contribution in [0.3, 0.4) is 0 Å². The highest BCUT2D eigenvalue weighted by molar-refractivity contribution is 5.21. The molecule has 0 bridgehead atoms. The fourth-order valence-corrected chi connectivity index (χ4v) is 4.21. The Morgan fingerprint density at radius 3 is 2.43 bits per heavy atom. The van der Waals surface area contributed by atoms with Crippen molar-refractivity contribution >= 4 is 0 Å². The summed E-state index contributed by atoms with van der Waals surface area (Å²) in [4.78, 5) is 2.79. The number of nitrogens with zero attached hydrogens (tertiary/aromatic N) is 1. The molecular formula is C19H30N2. The third kappa shape index (κ3) is 3.49. The van der Waals surface area contributed by atoms with Gasteiger partial charge in [-0.15, -0.1) is 0 Å². The van der Waals surface area contributed by atoms with E-state index in [4.69, 9.17) is 0 Å². The highest BCUT2D eigenvalue weighted by Gasteiger charge is 2.39. The van der Waals surface area contributed by atoms with Gasteiger partial charge in [-0.25, -0.2) is 0 Å². The molecule has 0 amide bonds. The van der Waals surface area contributed by atoms with Crippen LogP contribution in [-0.4, -0.2) is 36.1 Å². The van der Waals surface area contributed by atoms with Crippen LogP contribution in [0, 0.1) is 0 Å². The molecule has 1 aromatic rings. The quantitative estimate of drug-likeness (QED) is 0.856. The van der Waals surface area contributed by atoms with Gasteiger partial charge in [0.1, 0.15) is 0 Å². The summed E-state index contributed by atoms with van der Waals surface area (Å²) in [6.45, 7) is 6.89. The number of hydrogen-bond acceptors (Lipinski definition) is 2. The first-order valence-corrected chi connectivity index (χ1v) is 8.87. The highest BCUT2D eigenvalue weighted by Crippen LogP contribution is 2.39. The molecule has 0 radical (unpaired) electrons. The average molecular weight is 286 g/mol. The van der Waals surface area contributed by atoms with E-state index in [0.29, 0.717) is 6.04 Å². The van der Waals surface area contributed by atoms with Gasteiger partial charge in [-0.3, -0.25) is 4.90 Å². The Labute approximate surface area is 129 Å². The van der Waals surface area contributed by atoms with Crippen LogP contribution in [0.1, 0.15) is 57.4 Å². The summed E-state index contributed by atoms with van der Waals surface area (Å²) >= 11 is 0. The Morgan fingerprint density at radius 2 is 1.81 bits per heavy atom. The zero-order valence-electron chi connectivity index (χ0n) is 13.6. The first-order chi connectivity index (χ1) is 10.3. The van der Waals surface area contributed by atoms with Gasteiger partial charge in [0.05, 0.1) is 0 Å². The van der Waals surface area contributed by atoms with E-state index in [2.05, 4.69) is 54.4 Å². The van der Waals surface area contributed by atoms with Crippen molar-refractivity contribution in [3.05, 3.63) is 35.9 Å². The van der Waals surface area contributed by atoms with E-state index in [-0.39, 0.29) is 0 Å². The number of likely N-dealkylation sites (N-methyl/N-ethyl adjacent to an activating group) is 2. The first kappa shape index (κ1) is 15.1. The van der Waals surface area contributed by atoms with Crippen LogP contribution >= 0.6 is 0 Å². The molecule has 2 aliphatic carbocycles. The van der Waals surface area contributed by atoms with Gasteiger partial charge in [0.25, 0.3) is 0 Å². The number of benzene rings is 1. The van der Waals surface area contributed by atoms with Gasteiger partial charge < -0.3 is 5.32 Å². The van der Waals surface area contributed by atoms with Crippen molar-refractivity contribution < 1.29 is 0 Å². The zero-order chi connectivity index (χ0) is 14.7. The van der Waals surface area contributed by atoms with Gasteiger partial charge >= 0.3 is 0 Å². The lowest BCUT2D eigenvalue weighted by Gasteiger charge is -2.43. The largest absolute Gasteiger partial charge is 0.313 e. The van der Waals surface area contributed by atoms with E-state index in [0.717, 1.165) is 24.5 Å². The predicted octanol–water partition coefficient (Wildman–Crippen LogP) is 3.79. The van der Waals surface area contributed by atoms with Crippen LogP contribution in [0.2, 0.25) is 0 Å². The summed E-state index contributed by atoms with van der Waals surface area (Å²) in [5, 5.41) is 3.76. The van der Waals surface area contributed by atoms with Gasteiger partial charge in [-0.05, 0) is 56.7 Å². The van der Waals surface area contributed by atoms with Crippen LogP contribution in [0.4, 0.5) is 0 Å². The van der Waals surface area contributed by atoms with Crippen LogP contribution in [-0.2, 0) is 0 Å². The summed E-state index contributed by atoms with van der Waals surface area (Å²) < 4.78 is 0. The number of hydrogen-bond donors (Lipinski definition) is 1. The molecule has 21 heavy (non-hydrogen) atoms.